The molecule has 0 saturated heterocycles. The summed E-state index contributed by atoms with van der Waals surface area (Å²) in [6.45, 7) is 0. The Balaban J connectivity index is 1.88. The quantitative estimate of drug-likeness (QED) is 0.719. The molecular weight excluding hydrogens is 340 g/mol. The Hall–Kier alpha value is -3.00. The van der Waals surface area contributed by atoms with Gasteiger partial charge in [0, 0.05) is 25.5 Å². The molecule has 7 nitrogen and oxygen atoms in total. The van der Waals surface area contributed by atoms with Crippen molar-refractivity contribution in [3.63, 3.8) is 0 Å². The minimum Gasteiger partial charge on any atom is -0.344 e. The van der Waals surface area contributed by atoms with E-state index in [4.69, 9.17) is 0 Å². The lowest BCUT2D eigenvalue weighted by Crippen LogP contribution is -2.37. The molecule has 0 aromatic carbocycles. The molecule has 0 aliphatic heterocycles. The molecule has 0 bridgehead atoms. The Morgan fingerprint density at radius 2 is 2.24 bits per heavy atom. The fourth-order valence-corrected chi connectivity index (χ4v) is 3.07. The average molecular weight is 356 g/mol. The molecule has 3 heterocycles. The summed E-state index contributed by atoms with van der Waals surface area (Å²) in [5, 5.41) is 6.85. The predicted molar refractivity (Wildman–Crippen MR) is 94.8 cm³/mol. The van der Waals surface area contributed by atoms with Gasteiger partial charge in [-0.1, -0.05) is 6.07 Å². The van der Waals surface area contributed by atoms with Crippen molar-refractivity contribution in [1.82, 2.24) is 19.9 Å². The van der Waals surface area contributed by atoms with E-state index < -0.39 is 17.2 Å². The summed E-state index contributed by atoms with van der Waals surface area (Å²) in [7, 11) is 1.35. The summed E-state index contributed by atoms with van der Waals surface area (Å²) in [6.07, 6.45) is 3.92. The Labute approximate surface area is 147 Å². The van der Waals surface area contributed by atoms with Crippen molar-refractivity contribution in [2.75, 3.05) is 0 Å². The Morgan fingerprint density at radius 3 is 2.88 bits per heavy atom. The number of aromatic amines is 1. The number of hydrogen-bond donors (Lipinski definition) is 2. The highest BCUT2D eigenvalue weighted by atomic mass is 32.1. The third-order valence-corrected chi connectivity index (χ3v) is 4.53. The van der Waals surface area contributed by atoms with Crippen LogP contribution in [0.3, 0.4) is 0 Å². The second-order valence-electron chi connectivity index (χ2n) is 5.53. The lowest BCUT2D eigenvalue weighted by Gasteiger charge is -2.18. The summed E-state index contributed by atoms with van der Waals surface area (Å²) < 4.78 is 0.904. The fourth-order valence-electron chi connectivity index (χ4n) is 2.39. The first-order chi connectivity index (χ1) is 12.0. The molecule has 3 aromatic rings. The molecule has 1 atom stereocenters. The largest absolute Gasteiger partial charge is 0.344 e. The number of H-pyrrole nitrogens is 1. The number of nitrogens with one attached hydrogen (secondary N) is 2. The van der Waals surface area contributed by atoms with E-state index in [0.717, 1.165) is 21.8 Å². The average Bonchev–Trinajstić information content (AvgIpc) is 3.12. The first kappa shape index (κ1) is 16.8. The SMILES string of the molecule is Cn1c(=O)cc(C(=O)NC(Cc2ccsc2)c2cccnc2)[nH]c1=O. The van der Waals surface area contributed by atoms with Crippen molar-refractivity contribution >= 4 is 17.2 Å². The molecule has 3 aromatic heterocycles. The van der Waals surface area contributed by atoms with Gasteiger partial charge in [0.15, 0.2) is 0 Å². The van der Waals surface area contributed by atoms with E-state index in [0.29, 0.717) is 6.42 Å². The van der Waals surface area contributed by atoms with Crippen LogP contribution < -0.4 is 16.6 Å². The van der Waals surface area contributed by atoms with E-state index in [-0.39, 0.29) is 11.7 Å². The zero-order valence-electron chi connectivity index (χ0n) is 13.4. The topological polar surface area (TPSA) is 96.8 Å². The fraction of sp³-hybridized carbons (Fsp3) is 0.176. The maximum absolute atomic E-state index is 12.5. The highest BCUT2D eigenvalue weighted by Gasteiger charge is 2.18. The number of hydrogen-bond acceptors (Lipinski definition) is 5. The Bertz CT molecular complexity index is 946. The van der Waals surface area contributed by atoms with Gasteiger partial charge in [-0.3, -0.25) is 19.1 Å². The lowest BCUT2D eigenvalue weighted by atomic mass is 10.0. The van der Waals surface area contributed by atoms with Crippen LogP contribution in [0.4, 0.5) is 0 Å². The molecule has 0 aliphatic rings. The van der Waals surface area contributed by atoms with Gasteiger partial charge in [0.25, 0.3) is 11.5 Å². The van der Waals surface area contributed by atoms with Crippen LogP contribution in [0.5, 0.6) is 0 Å². The van der Waals surface area contributed by atoms with Crippen LogP contribution in [0.2, 0.25) is 0 Å². The molecule has 128 valence electrons. The molecule has 0 fully saturated rings. The normalized spacial score (nSPS) is 11.9. The zero-order chi connectivity index (χ0) is 17.8. The first-order valence-electron chi connectivity index (χ1n) is 7.57. The van der Waals surface area contributed by atoms with Crippen LogP contribution in [0.15, 0.2) is 57.0 Å². The molecule has 1 unspecified atom stereocenters. The molecule has 3 rings (SSSR count). The highest BCUT2D eigenvalue weighted by Crippen LogP contribution is 2.19. The second kappa shape index (κ2) is 7.27. The summed E-state index contributed by atoms with van der Waals surface area (Å²) in [5.41, 5.74) is 0.690. The smallest absolute Gasteiger partial charge is 0.328 e. The molecule has 0 saturated carbocycles. The van der Waals surface area contributed by atoms with Crippen molar-refractivity contribution in [3.05, 3.63) is 85.1 Å². The van der Waals surface area contributed by atoms with Gasteiger partial charge in [0.05, 0.1) is 6.04 Å². The van der Waals surface area contributed by atoms with Crippen molar-refractivity contribution in [2.45, 2.75) is 12.5 Å². The number of amides is 1. The van der Waals surface area contributed by atoms with Gasteiger partial charge in [-0.05, 0) is 40.4 Å². The number of thiophene rings is 1. The molecule has 0 aliphatic carbocycles. The molecule has 0 radical (unpaired) electrons. The summed E-state index contributed by atoms with van der Waals surface area (Å²) in [6, 6.07) is 6.43. The monoisotopic (exact) mass is 356 g/mol. The minimum atomic E-state index is -0.631. The van der Waals surface area contributed by atoms with Crippen LogP contribution in [-0.2, 0) is 13.5 Å². The zero-order valence-corrected chi connectivity index (χ0v) is 14.2. The van der Waals surface area contributed by atoms with Crippen molar-refractivity contribution in [3.8, 4) is 0 Å². The van der Waals surface area contributed by atoms with Gasteiger partial charge in [0.2, 0.25) is 0 Å². The molecular formula is C17H16N4O3S. The molecule has 2 N–H and O–H groups in total. The maximum Gasteiger partial charge on any atom is 0.328 e. The van der Waals surface area contributed by atoms with E-state index >= 15 is 0 Å². The van der Waals surface area contributed by atoms with E-state index in [2.05, 4.69) is 15.3 Å². The summed E-state index contributed by atoms with van der Waals surface area (Å²) >= 11 is 1.58. The third-order valence-electron chi connectivity index (χ3n) is 3.80. The summed E-state index contributed by atoms with van der Waals surface area (Å²) in [4.78, 5) is 42.5. The number of aromatic nitrogens is 3. The van der Waals surface area contributed by atoms with E-state index in [1.165, 1.54) is 7.05 Å². The minimum absolute atomic E-state index is 0.0627. The van der Waals surface area contributed by atoms with Crippen LogP contribution >= 0.6 is 11.3 Å². The van der Waals surface area contributed by atoms with Gasteiger partial charge in [0.1, 0.15) is 5.69 Å². The number of rotatable bonds is 5. The number of nitrogens with zero attached hydrogens (tertiary/aromatic N) is 2. The van der Waals surface area contributed by atoms with Crippen LogP contribution in [0.1, 0.15) is 27.7 Å². The first-order valence-corrected chi connectivity index (χ1v) is 8.51. The molecule has 8 heteroatoms. The standard InChI is InChI=1S/C17H16N4O3S/c1-21-15(22)8-14(20-17(21)24)16(23)19-13(7-11-4-6-25-10-11)12-3-2-5-18-9-12/h2-6,8-10,13H,7H2,1H3,(H,19,23)(H,20,24). The van der Waals surface area contributed by atoms with Crippen molar-refractivity contribution in [2.24, 2.45) is 7.05 Å². The van der Waals surface area contributed by atoms with Crippen LogP contribution in [0.25, 0.3) is 0 Å². The van der Waals surface area contributed by atoms with Gasteiger partial charge in [-0.15, -0.1) is 0 Å². The Morgan fingerprint density at radius 1 is 1.40 bits per heavy atom. The molecule has 25 heavy (non-hydrogen) atoms. The number of pyridine rings is 1. The predicted octanol–water partition coefficient (Wildman–Crippen LogP) is 1.24. The highest BCUT2D eigenvalue weighted by molar-refractivity contribution is 7.07. The second-order valence-corrected chi connectivity index (χ2v) is 6.31. The van der Waals surface area contributed by atoms with Gasteiger partial charge >= 0.3 is 5.69 Å². The number of carbonyl (C=O) groups excluding carboxylic acids is 1. The van der Waals surface area contributed by atoms with E-state index in [9.17, 15) is 14.4 Å². The van der Waals surface area contributed by atoms with E-state index in [1.54, 1.807) is 29.8 Å². The van der Waals surface area contributed by atoms with Gasteiger partial charge in [-0.25, -0.2) is 4.79 Å². The third kappa shape index (κ3) is 3.92. The Kier molecular flexibility index (Phi) is 4.90. The lowest BCUT2D eigenvalue weighted by molar-refractivity contribution is 0.0930. The molecule has 1 amide bonds. The molecule has 0 spiro atoms. The van der Waals surface area contributed by atoms with Crippen molar-refractivity contribution < 1.29 is 4.79 Å². The summed E-state index contributed by atoms with van der Waals surface area (Å²) in [5.74, 6) is -0.515. The maximum atomic E-state index is 12.5. The number of carbonyl (C=O) groups is 1. The van der Waals surface area contributed by atoms with Gasteiger partial charge in [-0.2, -0.15) is 11.3 Å². The van der Waals surface area contributed by atoms with E-state index in [1.807, 2.05) is 22.9 Å². The van der Waals surface area contributed by atoms with Crippen LogP contribution in [0, 0.1) is 0 Å². The van der Waals surface area contributed by atoms with Crippen LogP contribution in [-0.4, -0.2) is 20.4 Å². The van der Waals surface area contributed by atoms with Crippen molar-refractivity contribution in [1.29, 1.82) is 0 Å². The van der Waals surface area contributed by atoms with Gasteiger partial charge < -0.3 is 10.3 Å².